The van der Waals surface area contributed by atoms with E-state index in [2.05, 4.69) is 0 Å². The molecular formula is H4O9P2Zr. The van der Waals surface area contributed by atoms with E-state index in [4.69, 9.17) is 41.3 Å². The maximum absolute atomic E-state index is 8.77. The summed E-state index contributed by atoms with van der Waals surface area (Å²) in [7, 11) is -9.78. The predicted octanol–water partition coefficient (Wildman–Crippen LogP) is -3.24. The number of rotatable bonds is 0. The van der Waals surface area contributed by atoms with Crippen LogP contribution in [0.15, 0.2) is 0 Å². The van der Waals surface area contributed by atoms with Gasteiger partial charge in [0.2, 0.25) is 0 Å². The quantitative estimate of drug-likeness (QED) is 0.334. The molecule has 0 bridgehead atoms. The normalized spacial score (nSPS) is 10.3. The summed E-state index contributed by atoms with van der Waals surface area (Å²) >= 11 is 0.300. The second-order valence-electron chi connectivity index (χ2n) is 0.981. The third kappa shape index (κ3) is 1310. The Labute approximate surface area is 81.8 Å². The summed E-state index contributed by atoms with van der Waals surface area (Å²) in [6.45, 7) is 0. The molecule has 0 unspecified atom stereocenters. The van der Waals surface area contributed by atoms with E-state index in [1.807, 2.05) is 0 Å². The Kier molecular flexibility index (Phi) is 13.2. The minimum atomic E-state index is -4.89. The third-order valence-corrected chi connectivity index (χ3v) is 0. The second kappa shape index (κ2) is 8.50. The topological polar surface area (TPSA) is 178 Å². The number of hydrogen-bond donors (Lipinski definition) is 4. The van der Waals surface area contributed by atoms with E-state index in [1.165, 1.54) is 0 Å². The van der Waals surface area contributed by atoms with Gasteiger partial charge in [-0.3, -0.25) is 9.13 Å². The van der Waals surface area contributed by atoms with Crippen LogP contribution in [0.4, 0.5) is 0 Å². The van der Waals surface area contributed by atoms with Crippen molar-refractivity contribution in [2.24, 2.45) is 0 Å². The molecule has 0 radical (unpaired) electrons. The van der Waals surface area contributed by atoms with Crippen LogP contribution in [0, 0.1) is 0 Å². The molecule has 4 N–H and O–H groups in total. The van der Waals surface area contributed by atoms with Crippen LogP contribution in [-0.4, -0.2) is 19.6 Å². The first kappa shape index (κ1) is 18.6. The molecule has 72 valence electrons. The standard InChI is InChI=1S/2H3O4P.O.Zr/c2*1-5(2,3)4;;/h2*(H3,1,2,3,4);;/q;;;+2/p-2. The Morgan fingerprint density at radius 1 is 0.833 bits per heavy atom. The second-order valence-corrected chi connectivity index (χ2v) is 2.94. The van der Waals surface area contributed by atoms with Gasteiger partial charge in [-0.2, -0.15) is 0 Å². The zero-order chi connectivity index (χ0) is 11.0. The molecule has 0 saturated heterocycles. The SMILES string of the molecule is O=P([O-])(O)O.O=P([O-])(O)O.[O]=[Zr+2]. The van der Waals surface area contributed by atoms with Gasteiger partial charge in [0.25, 0.3) is 15.6 Å². The molecule has 0 heterocycles. The van der Waals surface area contributed by atoms with Crippen LogP contribution in [0.25, 0.3) is 0 Å². The molecule has 9 nitrogen and oxygen atoms in total. The van der Waals surface area contributed by atoms with Crippen molar-refractivity contribution in [2.75, 3.05) is 0 Å². The fourth-order valence-electron chi connectivity index (χ4n) is 0. The zero-order valence-electron chi connectivity index (χ0n) is 5.22. The summed E-state index contributed by atoms with van der Waals surface area (Å²) in [6, 6.07) is 0. The first-order valence-electron chi connectivity index (χ1n) is 1.73. The first-order chi connectivity index (χ1) is 5.00. The van der Waals surface area contributed by atoms with Gasteiger partial charge < -0.3 is 29.4 Å². The fourth-order valence-corrected chi connectivity index (χ4v) is 0. The van der Waals surface area contributed by atoms with E-state index >= 15 is 0 Å². The van der Waals surface area contributed by atoms with Crippen molar-refractivity contribution in [1.82, 2.24) is 0 Å². The molecule has 0 fully saturated rings. The van der Waals surface area contributed by atoms with Gasteiger partial charge in [-0.15, -0.1) is 0 Å². The van der Waals surface area contributed by atoms with Gasteiger partial charge in [-0.25, -0.2) is 0 Å². The van der Waals surface area contributed by atoms with Crippen molar-refractivity contribution in [3.05, 3.63) is 0 Å². The summed E-state index contributed by atoms with van der Waals surface area (Å²) < 4.78 is 25.9. The Morgan fingerprint density at radius 2 is 0.833 bits per heavy atom. The summed E-state index contributed by atoms with van der Waals surface area (Å²) in [4.78, 5) is 45.8. The monoisotopic (exact) mass is 300 g/mol. The van der Waals surface area contributed by atoms with Crippen LogP contribution in [0.1, 0.15) is 0 Å². The maximum atomic E-state index is 8.77. The molecule has 12 heteroatoms. The van der Waals surface area contributed by atoms with E-state index in [0.29, 0.717) is 24.7 Å². The Morgan fingerprint density at radius 3 is 0.833 bits per heavy atom. The van der Waals surface area contributed by atoms with Crippen LogP contribution >= 0.6 is 15.6 Å². The average molecular weight is 301 g/mol. The average Bonchev–Trinajstić information content (AvgIpc) is 1.59. The van der Waals surface area contributed by atoms with Crippen LogP contribution in [0.3, 0.4) is 0 Å². The van der Waals surface area contributed by atoms with Gasteiger partial charge in [0, 0.05) is 0 Å². The van der Waals surface area contributed by atoms with Crippen molar-refractivity contribution in [3.8, 4) is 0 Å². The predicted molar refractivity (Wildman–Crippen MR) is 24.8 cm³/mol. The van der Waals surface area contributed by atoms with Gasteiger partial charge in [0.15, 0.2) is 0 Å². The Hall–Kier alpha value is 0.903. The van der Waals surface area contributed by atoms with E-state index in [0.717, 1.165) is 0 Å². The molecule has 0 aromatic rings. The molecule has 0 amide bonds. The third-order valence-electron chi connectivity index (χ3n) is 0. The molecule has 0 atom stereocenters. The Bertz CT molecular complexity index is 136. The molecular weight excluding hydrogens is 297 g/mol. The van der Waals surface area contributed by atoms with E-state index in [9.17, 15) is 0 Å². The van der Waals surface area contributed by atoms with Gasteiger partial charge in [-0.05, 0) is 0 Å². The van der Waals surface area contributed by atoms with Crippen molar-refractivity contribution in [2.45, 2.75) is 0 Å². The molecule has 0 spiro atoms. The summed E-state index contributed by atoms with van der Waals surface area (Å²) in [5, 5.41) is 0. The van der Waals surface area contributed by atoms with Gasteiger partial charge >= 0.3 is 27.5 Å². The minimum absolute atomic E-state index is 0.300. The van der Waals surface area contributed by atoms with Crippen LogP contribution < -0.4 is 9.79 Å². The number of hydrogen-bond acceptors (Lipinski definition) is 5. The molecule has 0 aliphatic heterocycles. The van der Waals surface area contributed by atoms with E-state index < -0.39 is 15.6 Å². The van der Waals surface area contributed by atoms with Crippen molar-refractivity contribution in [3.63, 3.8) is 0 Å². The Balaban J connectivity index is -0.000000112. The molecule has 0 aromatic heterocycles. The molecule has 0 aromatic carbocycles. The van der Waals surface area contributed by atoms with Crippen LogP contribution in [-0.2, 0) is 36.7 Å². The molecule has 0 saturated carbocycles. The van der Waals surface area contributed by atoms with Gasteiger partial charge in [0.05, 0.1) is 0 Å². The van der Waals surface area contributed by atoms with Crippen LogP contribution in [0.5, 0.6) is 0 Å². The summed E-state index contributed by atoms with van der Waals surface area (Å²) in [5.74, 6) is 0. The summed E-state index contributed by atoms with van der Waals surface area (Å²) in [5.41, 5.74) is 0. The molecule has 0 rings (SSSR count). The van der Waals surface area contributed by atoms with E-state index in [-0.39, 0.29) is 0 Å². The fraction of sp³-hybridized carbons (Fsp3) is 0. The van der Waals surface area contributed by atoms with Gasteiger partial charge in [-0.1, -0.05) is 0 Å². The van der Waals surface area contributed by atoms with Crippen molar-refractivity contribution >= 4 is 15.6 Å². The number of phosphoric acid groups is 2. The molecule has 12 heavy (non-hydrogen) atoms. The first-order valence-corrected chi connectivity index (χ1v) is 5.80. The van der Waals surface area contributed by atoms with Crippen LogP contribution in [0.2, 0.25) is 0 Å². The van der Waals surface area contributed by atoms with Gasteiger partial charge in [0.1, 0.15) is 0 Å². The van der Waals surface area contributed by atoms with Crippen molar-refractivity contribution in [1.29, 1.82) is 0 Å². The molecule has 0 aliphatic carbocycles. The van der Waals surface area contributed by atoms with E-state index in [1.54, 1.807) is 0 Å². The summed E-state index contributed by atoms with van der Waals surface area (Å²) in [6.07, 6.45) is 0. The van der Waals surface area contributed by atoms with Crippen molar-refractivity contribution < 1.29 is 66.0 Å². The zero-order valence-corrected chi connectivity index (χ0v) is 9.47. The molecule has 0 aliphatic rings.